The van der Waals surface area contributed by atoms with Crippen LogP contribution in [0.4, 0.5) is 0 Å². The molecule has 0 fully saturated rings. The van der Waals surface area contributed by atoms with Gasteiger partial charge < -0.3 is 0 Å². The quantitative estimate of drug-likeness (QED) is 0.440. The maximum absolute atomic E-state index is 6.06. The summed E-state index contributed by atoms with van der Waals surface area (Å²) in [5.41, 5.74) is 1.90. The minimum absolute atomic E-state index is 0.516. The van der Waals surface area contributed by atoms with Crippen molar-refractivity contribution in [3.05, 3.63) is 38.7 Å². The predicted octanol–water partition coefficient (Wildman–Crippen LogP) is 4.43. The Hall–Kier alpha value is -0.330. The lowest BCUT2D eigenvalue weighted by Crippen LogP contribution is -1.96. The van der Waals surface area contributed by atoms with Gasteiger partial charge in [-0.15, -0.1) is 11.8 Å². The third-order valence-corrected chi connectivity index (χ3v) is 4.95. The fourth-order valence-corrected chi connectivity index (χ4v) is 2.26. The number of benzene rings is 1. The maximum Gasteiger partial charge on any atom is 0.161 e. The molecule has 0 unspecified atom stereocenters. The molecule has 0 aliphatic carbocycles. The van der Waals surface area contributed by atoms with Gasteiger partial charge in [0.05, 0.1) is 9.26 Å². The van der Waals surface area contributed by atoms with Crippen LogP contribution in [0.2, 0.25) is 5.15 Å². The van der Waals surface area contributed by atoms with Gasteiger partial charge in [-0.1, -0.05) is 23.7 Å². The highest BCUT2D eigenvalue weighted by atomic mass is 127. The number of thioether (sulfide) groups is 1. The number of aryl methyl sites for hydroxylation is 1. The Morgan fingerprint density at radius 3 is 2.35 bits per heavy atom. The summed E-state index contributed by atoms with van der Waals surface area (Å²) in [5.74, 6) is 0.681. The molecular weight excluding hydrogens is 367 g/mol. The summed E-state index contributed by atoms with van der Waals surface area (Å²) in [6, 6.07) is 8.16. The molecule has 0 saturated heterocycles. The highest BCUT2D eigenvalue weighted by molar-refractivity contribution is 14.1. The first-order valence-electron chi connectivity index (χ1n) is 4.96. The van der Waals surface area contributed by atoms with Gasteiger partial charge >= 0.3 is 0 Å². The monoisotopic (exact) mass is 376 g/mol. The van der Waals surface area contributed by atoms with Gasteiger partial charge in [0.1, 0.15) is 5.15 Å². The lowest BCUT2D eigenvalue weighted by molar-refractivity contribution is 1.09. The van der Waals surface area contributed by atoms with Crippen LogP contribution in [0, 0.1) is 10.5 Å². The van der Waals surface area contributed by atoms with Crippen molar-refractivity contribution in [2.75, 3.05) is 6.26 Å². The van der Waals surface area contributed by atoms with Crippen LogP contribution in [-0.4, -0.2) is 16.2 Å². The predicted molar refractivity (Wildman–Crippen MR) is 81.7 cm³/mol. The number of aromatic nitrogens is 2. The van der Waals surface area contributed by atoms with Gasteiger partial charge in [-0.25, -0.2) is 9.97 Å². The van der Waals surface area contributed by atoms with Gasteiger partial charge in [0.2, 0.25) is 0 Å². The van der Waals surface area contributed by atoms with Gasteiger partial charge in [0.25, 0.3) is 0 Å². The molecule has 0 atom stereocenters. The Bertz CT molecular complexity index is 520. The van der Waals surface area contributed by atoms with Gasteiger partial charge in [0, 0.05) is 10.5 Å². The second kappa shape index (κ2) is 5.54. The van der Waals surface area contributed by atoms with E-state index in [1.54, 1.807) is 11.8 Å². The number of halogens is 2. The average molecular weight is 377 g/mol. The summed E-state index contributed by atoms with van der Waals surface area (Å²) in [6.45, 7) is 1.94. The highest BCUT2D eigenvalue weighted by Crippen LogP contribution is 2.25. The molecule has 17 heavy (non-hydrogen) atoms. The Morgan fingerprint density at radius 1 is 1.18 bits per heavy atom. The normalized spacial score (nSPS) is 10.6. The molecule has 0 aliphatic rings. The summed E-state index contributed by atoms with van der Waals surface area (Å²) < 4.78 is 0.911. The van der Waals surface area contributed by atoms with E-state index in [0.29, 0.717) is 11.0 Å². The van der Waals surface area contributed by atoms with E-state index in [2.05, 4.69) is 50.9 Å². The van der Waals surface area contributed by atoms with Crippen LogP contribution in [0.15, 0.2) is 29.2 Å². The zero-order valence-electron chi connectivity index (χ0n) is 9.37. The number of nitrogens with zero attached hydrogens (tertiary/aromatic N) is 2. The van der Waals surface area contributed by atoms with Gasteiger partial charge in [-0.05, 0) is 47.9 Å². The molecule has 0 radical (unpaired) electrons. The molecule has 5 heteroatoms. The Kier molecular flexibility index (Phi) is 4.27. The minimum atomic E-state index is 0.516. The summed E-state index contributed by atoms with van der Waals surface area (Å²) in [4.78, 5) is 9.97. The number of hydrogen-bond donors (Lipinski definition) is 0. The van der Waals surface area contributed by atoms with E-state index < -0.39 is 0 Å². The smallest absolute Gasteiger partial charge is 0.161 e. The Balaban J connectivity index is 2.45. The molecule has 0 amide bonds. The van der Waals surface area contributed by atoms with E-state index in [9.17, 15) is 0 Å². The lowest BCUT2D eigenvalue weighted by atomic mass is 10.2. The molecule has 1 aromatic carbocycles. The molecule has 88 valence electrons. The van der Waals surface area contributed by atoms with Gasteiger partial charge in [-0.2, -0.15) is 0 Å². The molecule has 0 bridgehead atoms. The van der Waals surface area contributed by atoms with Crippen LogP contribution in [-0.2, 0) is 0 Å². The van der Waals surface area contributed by atoms with Crippen molar-refractivity contribution >= 4 is 46.0 Å². The van der Waals surface area contributed by atoms with E-state index in [1.165, 1.54) is 4.90 Å². The summed E-state index contributed by atoms with van der Waals surface area (Å²) >= 11 is 9.93. The van der Waals surface area contributed by atoms with Gasteiger partial charge in [-0.3, -0.25) is 0 Å². The molecule has 0 N–H and O–H groups in total. The van der Waals surface area contributed by atoms with Crippen molar-refractivity contribution in [2.24, 2.45) is 0 Å². The molecular formula is C12H10ClIN2S. The SMILES string of the molecule is CSc1ccc(-c2nc(C)c(I)c(Cl)n2)cc1. The largest absolute Gasteiger partial charge is 0.232 e. The van der Waals surface area contributed by atoms with Crippen molar-refractivity contribution < 1.29 is 0 Å². The standard InChI is InChI=1S/C12H10ClIN2S/c1-7-10(14)11(13)16-12(15-7)8-3-5-9(17-2)6-4-8/h3-6H,1-2H3. The van der Waals surface area contributed by atoms with E-state index in [1.807, 2.05) is 19.1 Å². The van der Waals surface area contributed by atoms with E-state index in [-0.39, 0.29) is 0 Å². The Labute approximate surface area is 123 Å². The Morgan fingerprint density at radius 2 is 1.82 bits per heavy atom. The molecule has 0 aliphatic heterocycles. The van der Waals surface area contributed by atoms with Crippen LogP contribution >= 0.6 is 46.0 Å². The fourth-order valence-electron chi connectivity index (χ4n) is 1.39. The first-order valence-corrected chi connectivity index (χ1v) is 7.64. The molecule has 2 rings (SSSR count). The first-order chi connectivity index (χ1) is 8.11. The van der Waals surface area contributed by atoms with Crippen molar-refractivity contribution in [3.8, 4) is 11.4 Å². The summed E-state index contributed by atoms with van der Waals surface area (Å²) in [5, 5.41) is 0.516. The highest BCUT2D eigenvalue weighted by Gasteiger charge is 2.08. The molecule has 0 spiro atoms. The van der Waals surface area contributed by atoms with Crippen molar-refractivity contribution in [1.82, 2.24) is 9.97 Å². The lowest BCUT2D eigenvalue weighted by Gasteiger charge is -2.05. The topological polar surface area (TPSA) is 25.8 Å². The molecule has 2 nitrogen and oxygen atoms in total. The van der Waals surface area contributed by atoms with E-state index >= 15 is 0 Å². The molecule has 1 heterocycles. The van der Waals surface area contributed by atoms with Crippen molar-refractivity contribution in [1.29, 1.82) is 0 Å². The maximum atomic E-state index is 6.06. The number of rotatable bonds is 2. The van der Waals surface area contributed by atoms with Gasteiger partial charge in [0.15, 0.2) is 5.82 Å². The first kappa shape index (κ1) is 13.1. The molecule has 1 aromatic heterocycles. The zero-order valence-corrected chi connectivity index (χ0v) is 13.1. The second-order valence-electron chi connectivity index (χ2n) is 3.47. The summed E-state index contributed by atoms with van der Waals surface area (Å²) in [6.07, 6.45) is 2.05. The van der Waals surface area contributed by atoms with Crippen LogP contribution in [0.3, 0.4) is 0 Å². The van der Waals surface area contributed by atoms with Crippen LogP contribution in [0.1, 0.15) is 5.69 Å². The van der Waals surface area contributed by atoms with Crippen LogP contribution in [0.5, 0.6) is 0 Å². The van der Waals surface area contributed by atoms with Crippen molar-refractivity contribution in [3.63, 3.8) is 0 Å². The molecule has 2 aromatic rings. The average Bonchev–Trinajstić information content (AvgIpc) is 2.35. The fraction of sp³-hybridized carbons (Fsp3) is 0.167. The van der Waals surface area contributed by atoms with E-state index in [4.69, 9.17) is 11.6 Å². The molecule has 0 saturated carbocycles. The third kappa shape index (κ3) is 2.92. The third-order valence-electron chi connectivity index (χ3n) is 2.32. The van der Waals surface area contributed by atoms with Crippen molar-refractivity contribution in [2.45, 2.75) is 11.8 Å². The minimum Gasteiger partial charge on any atom is -0.232 e. The number of hydrogen-bond acceptors (Lipinski definition) is 3. The van der Waals surface area contributed by atoms with Crippen LogP contribution in [0.25, 0.3) is 11.4 Å². The zero-order chi connectivity index (χ0) is 12.4. The van der Waals surface area contributed by atoms with Crippen LogP contribution < -0.4 is 0 Å². The van der Waals surface area contributed by atoms with E-state index in [0.717, 1.165) is 14.8 Å². The summed E-state index contributed by atoms with van der Waals surface area (Å²) in [7, 11) is 0. The second-order valence-corrected chi connectivity index (χ2v) is 5.78.